The van der Waals surface area contributed by atoms with Crippen LogP contribution in [0.2, 0.25) is 0 Å². The van der Waals surface area contributed by atoms with Crippen molar-refractivity contribution in [3.63, 3.8) is 0 Å². The molecule has 1 N–H and O–H groups in total. The number of aryl methyl sites for hydroxylation is 1. The number of carbonyl (C=O) groups excluding carboxylic acids is 1. The zero-order chi connectivity index (χ0) is 18.4. The standard InChI is InChI=1S/C20H32N4O2/c1-23-20(26)12-18(14-22-23)24-11-10-17(15-24)13-21-19(25)9-5-8-16-6-3-2-4-7-16/h12,14,16-17H,2-11,13,15H2,1H3,(H,21,25)/t17-/m0/s1. The van der Waals surface area contributed by atoms with E-state index >= 15 is 0 Å². The monoisotopic (exact) mass is 360 g/mol. The molecule has 2 heterocycles. The Labute approximate surface area is 156 Å². The van der Waals surface area contributed by atoms with Gasteiger partial charge in [-0.25, -0.2) is 4.68 Å². The second kappa shape index (κ2) is 9.19. The molecule has 0 unspecified atom stereocenters. The average molecular weight is 361 g/mol. The van der Waals surface area contributed by atoms with Crippen molar-refractivity contribution in [2.24, 2.45) is 18.9 Å². The summed E-state index contributed by atoms with van der Waals surface area (Å²) >= 11 is 0. The Morgan fingerprint density at radius 3 is 2.81 bits per heavy atom. The second-order valence-corrected chi connectivity index (χ2v) is 7.98. The van der Waals surface area contributed by atoms with Crippen molar-refractivity contribution >= 4 is 11.6 Å². The van der Waals surface area contributed by atoms with E-state index in [1.165, 1.54) is 43.2 Å². The third-order valence-electron chi connectivity index (χ3n) is 5.93. The summed E-state index contributed by atoms with van der Waals surface area (Å²) in [6.07, 6.45) is 12.5. The lowest BCUT2D eigenvalue weighted by Crippen LogP contribution is -2.31. The Hall–Kier alpha value is -1.85. The first-order chi connectivity index (χ1) is 12.6. The summed E-state index contributed by atoms with van der Waals surface area (Å²) in [5.41, 5.74) is 0.798. The lowest BCUT2D eigenvalue weighted by molar-refractivity contribution is -0.121. The third-order valence-corrected chi connectivity index (χ3v) is 5.93. The van der Waals surface area contributed by atoms with Gasteiger partial charge in [0, 0.05) is 39.2 Å². The Balaban J connectivity index is 1.34. The molecule has 1 saturated heterocycles. The fraction of sp³-hybridized carbons (Fsp3) is 0.750. The van der Waals surface area contributed by atoms with Crippen molar-refractivity contribution in [1.82, 2.24) is 15.1 Å². The summed E-state index contributed by atoms with van der Waals surface area (Å²) < 4.78 is 1.34. The number of nitrogens with one attached hydrogen (secondary N) is 1. The summed E-state index contributed by atoms with van der Waals surface area (Å²) in [5.74, 6) is 1.49. The Bertz CT molecular complexity index is 651. The molecule has 2 aliphatic rings. The van der Waals surface area contributed by atoms with E-state index in [0.717, 1.165) is 44.1 Å². The molecule has 3 rings (SSSR count). The fourth-order valence-electron chi connectivity index (χ4n) is 4.24. The quantitative estimate of drug-likeness (QED) is 0.811. The molecule has 2 fully saturated rings. The van der Waals surface area contributed by atoms with Gasteiger partial charge in [-0.05, 0) is 31.1 Å². The van der Waals surface area contributed by atoms with Gasteiger partial charge in [-0.1, -0.05) is 32.1 Å². The number of amides is 1. The first-order valence-corrected chi connectivity index (χ1v) is 10.2. The number of nitrogens with zero attached hydrogens (tertiary/aromatic N) is 3. The number of hydrogen-bond donors (Lipinski definition) is 1. The number of rotatable bonds is 7. The molecule has 1 aliphatic carbocycles. The van der Waals surface area contributed by atoms with Crippen LogP contribution in [0.25, 0.3) is 0 Å². The molecule has 1 aromatic heterocycles. The molecule has 0 aromatic carbocycles. The Morgan fingerprint density at radius 2 is 2.04 bits per heavy atom. The second-order valence-electron chi connectivity index (χ2n) is 7.98. The van der Waals surface area contributed by atoms with Gasteiger partial charge < -0.3 is 10.2 Å². The molecule has 1 amide bonds. The molecule has 0 radical (unpaired) electrons. The minimum absolute atomic E-state index is 0.0859. The fourth-order valence-corrected chi connectivity index (χ4v) is 4.24. The van der Waals surface area contributed by atoms with Crippen molar-refractivity contribution in [2.75, 3.05) is 24.5 Å². The van der Waals surface area contributed by atoms with Crippen molar-refractivity contribution in [1.29, 1.82) is 0 Å². The largest absolute Gasteiger partial charge is 0.370 e. The van der Waals surface area contributed by atoms with E-state index in [1.807, 2.05) is 0 Å². The van der Waals surface area contributed by atoms with Gasteiger partial charge in [-0.3, -0.25) is 9.59 Å². The number of anilines is 1. The van der Waals surface area contributed by atoms with E-state index in [2.05, 4.69) is 15.3 Å². The highest BCUT2D eigenvalue weighted by Gasteiger charge is 2.23. The maximum atomic E-state index is 12.1. The predicted octanol–water partition coefficient (Wildman–Crippen LogP) is 2.47. The van der Waals surface area contributed by atoms with E-state index in [-0.39, 0.29) is 11.5 Å². The number of aromatic nitrogens is 2. The summed E-state index contributed by atoms with van der Waals surface area (Å²) in [4.78, 5) is 26.0. The van der Waals surface area contributed by atoms with Gasteiger partial charge >= 0.3 is 0 Å². The van der Waals surface area contributed by atoms with E-state index in [1.54, 1.807) is 19.3 Å². The minimum atomic E-state index is -0.0859. The molecule has 26 heavy (non-hydrogen) atoms. The maximum Gasteiger partial charge on any atom is 0.268 e. The Morgan fingerprint density at radius 1 is 1.23 bits per heavy atom. The molecule has 1 saturated carbocycles. The zero-order valence-electron chi connectivity index (χ0n) is 16.0. The van der Waals surface area contributed by atoms with Crippen LogP contribution in [-0.2, 0) is 11.8 Å². The molecular formula is C20H32N4O2. The molecular weight excluding hydrogens is 328 g/mol. The van der Waals surface area contributed by atoms with Crippen LogP contribution in [0.4, 0.5) is 5.69 Å². The normalized spacial score (nSPS) is 21.1. The van der Waals surface area contributed by atoms with Crippen LogP contribution in [0.15, 0.2) is 17.1 Å². The van der Waals surface area contributed by atoms with Gasteiger partial charge in [0.05, 0.1) is 11.9 Å². The highest BCUT2D eigenvalue weighted by molar-refractivity contribution is 5.75. The summed E-state index contributed by atoms with van der Waals surface area (Å²) in [6.45, 7) is 2.52. The summed E-state index contributed by atoms with van der Waals surface area (Å²) in [7, 11) is 1.66. The molecule has 0 bridgehead atoms. The van der Waals surface area contributed by atoms with Gasteiger partial charge in [0.2, 0.25) is 5.91 Å². The summed E-state index contributed by atoms with van der Waals surface area (Å²) in [5, 5.41) is 7.20. The van der Waals surface area contributed by atoms with Crippen LogP contribution < -0.4 is 15.8 Å². The van der Waals surface area contributed by atoms with Crippen LogP contribution in [0.5, 0.6) is 0 Å². The highest BCUT2D eigenvalue weighted by atomic mass is 16.1. The molecule has 1 aromatic rings. The van der Waals surface area contributed by atoms with Gasteiger partial charge in [-0.2, -0.15) is 5.10 Å². The van der Waals surface area contributed by atoms with Crippen LogP contribution in [0.3, 0.4) is 0 Å². The van der Waals surface area contributed by atoms with Gasteiger partial charge in [0.15, 0.2) is 0 Å². The molecule has 6 nitrogen and oxygen atoms in total. The minimum Gasteiger partial charge on any atom is -0.370 e. The first-order valence-electron chi connectivity index (χ1n) is 10.2. The van der Waals surface area contributed by atoms with Crippen molar-refractivity contribution in [3.05, 3.63) is 22.6 Å². The topological polar surface area (TPSA) is 67.2 Å². The molecule has 0 spiro atoms. The zero-order valence-corrected chi connectivity index (χ0v) is 16.0. The lowest BCUT2D eigenvalue weighted by atomic mass is 9.86. The summed E-state index contributed by atoms with van der Waals surface area (Å²) in [6, 6.07) is 1.64. The number of carbonyl (C=O) groups is 1. The highest BCUT2D eigenvalue weighted by Crippen LogP contribution is 2.27. The van der Waals surface area contributed by atoms with E-state index in [9.17, 15) is 9.59 Å². The smallest absolute Gasteiger partial charge is 0.268 e. The van der Waals surface area contributed by atoms with Gasteiger partial charge in [-0.15, -0.1) is 0 Å². The average Bonchev–Trinajstić information content (AvgIpc) is 3.12. The molecule has 1 aliphatic heterocycles. The van der Waals surface area contributed by atoms with E-state index in [4.69, 9.17) is 0 Å². The van der Waals surface area contributed by atoms with E-state index < -0.39 is 0 Å². The van der Waals surface area contributed by atoms with Crippen LogP contribution in [-0.4, -0.2) is 35.3 Å². The van der Waals surface area contributed by atoms with Gasteiger partial charge in [0.1, 0.15) is 0 Å². The molecule has 1 atom stereocenters. The third kappa shape index (κ3) is 5.32. The predicted molar refractivity (Wildman–Crippen MR) is 103 cm³/mol. The number of hydrogen-bond acceptors (Lipinski definition) is 4. The van der Waals surface area contributed by atoms with Crippen LogP contribution in [0.1, 0.15) is 57.8 Å². The van der Waals surface area contributed by atoms with Crippen molar-refractivity contribution in [3.8, 4) is 0 Å². The van der Waals surface area contributed by atoms with Crippen LogP contribution in [0, 0.1) is 11.8 Å². The lowest BCUT2D eigenvalue weighted by Gasteiger charge is -2.21. The van der Waals surface area contributed by atoms with Crippen molar-refractivity contribution in [2.45, 2.75) is 57.8 Å². The first kappa shape index (κ1) is 18.9. The van der Waals surface area contributed by atoms with Crippen LogP contribution >= 0.6 is 0 Å². The van der Waals surface area contributed by atoms with Gasteiger partial charge in [0.25, 0.3) is 5.56 Å². The Kier molecular flexibility index (Phi) is 6.69. The maximum absolute atomic E-state index is 12.1. The van der Waals surface area contributed by atoms with E-state index in [0.29, 0.717) is 12.3 Å². The van der Waals surface area contributed by atoms with Crippen molar-refractivity contribution < 1.29 is 4.79 Å². The SMILES string of the molecule is Cn1ncc(N2CC[C@@H](CNC(=O)CCCC3CCCCC3)C2)cc1=O. The molecule has 144 valence electrons. The molecule has 6 heteroatoms.